The summed E-state index contributed by atoms with van der Waals surface area (Å²) >= 11 is 0. The number of amides is 2. The van der Waals surface area contributed by atoms with Gasteiger partial charge in [-0.25, -0.2) is 15.2 Å². The van der Waals surface area contributed by atoms with Crippen LogP contribution in [-0.2, 0) is 20.8 Å². The lowest BCUT2D eigenvalue weighted by Crippen LogP contribution is -2.53. The van der Waals surface area contributed by atoms with Gasteiger partial charge in [0, 0.05) is 13.1 Å². The van der Waals surface area contributed by atoms with E-state index in [0.29, 0.717) is 26.3 Å². The van der Waals surface area contributed by atoms with Crippen molar-refractivity contribution in [1.82, 2.24) is 15.3 Å². The van der Waals surface area contributed by atoms with Gasteiger partial charge in [-0.05, 0) is 31.9 Å². The largest absolute Gasteiger partial charge is 0.443 e. The van der Waals surface area contributed by atoms with Gasteiger partial charge >= 0.3 is 6.09 Å². The highest BCUT2D eigenvalue weighted by molar-refractivity contribution is 5.85. The number of carbonyl (C=O) groups excluding carboxylic acids is 2. The van der Waals surface area contributed by atoms with E-state index in [-0.39, 0.29) is 12.5 Å². The summed E-state index contributed by atoms with van der Waals surface area (Å²) < 4.78 is 10.9. The van der Waals surface area contributed by atoms with Crippen LogP contribution in [0.5, 0.6) is 0 Å². The third-order valence-corrected chi connectivity index (χ3v) is 4.83. The topological polar surface area (TPSA) is 71.1 Å². The molecule has 0 saturated carbocycles. The van der Waals surface area contributed by atoms with Crippen LogP contribution in [0.3, 0.4) is 0 Å². The zero-order valence-electron chi connectivity index (χ0n) is 18.4. The Labute approximate surface area is 183 Å². The van der Waals surface area contributed by atoms with Gasteiger partial charge in [-0.3, -0.25) is 9.69 Å². The summed E-state index contributed by atoms with van der Waals surface area (Å²) in [6.07, 6.45) is -0.662. The van der Waals surface area contributed by atoms with E-state index in [1.165, 1.54) is 5.01 Å². The van der Waals surface area contributed by atoms with Gasteiger partial charge in [0.15, 0.2) is 0 Å². The maximum Gasteiger partial charge on any atom is 0.426 e. The van der Waals surface area contributed by atoms with Gasteiger partial charge in [-0.1, -0.05) is 60.7 Å². The van der Waals surface area contributed by atoms with E-state index in [4.69, 9.17) is 9.47 Å². The number of nitrogens with zero attached hydrogens (tertiary/aromatic N) is 2. The molecule has 1 atom stereocenters. The standard InChI is InChI=1S/C24H31N3O4/c1-24(2,3)31-23(29)25-27(18-19-10-6-4-7-11-19)22(28)21(20-12-8-5-9-13-20)26-14-16-30-17-15-26/h4-13,21H,14-18H2,1-3H3,(H,25,29)/t21-/m1/s1. The van der Waals surface area contributed by atoms with Crippen LogP contribution in [0.15, 0.2) is 60.7 Å². The first-order valence-electron chi connectivity index (χ1n) is 10.6. The molecule has 166 valence electrons. The maximum atomic E-state index is 13.8. The van der Waals surface area contributed by atoms with E-state index in [1.807, 2.05) is 60.7 Å². The molecule has 1 heterocycles. The second-order valence-corrected chi connectivity index (χ2v) is 8.49. The number of ether oxygens (including phenoxy) is 2. The van der Waals surface area contributed by atoms with E-state index in [0.717, 1.165) is 11.1 Å². The fourth-order valence-corrected chi connectivity index (χ4v) is 3.48. The SMILES string of the molecule is CC(C)(C)OC(=O)NN(Cc1ccccc1)C(=O)[C@@H](c1ccccc1)N1CCOCC1. The highest BCUT2D eigenvalue weighted by Gasteiger charge is 2.34. The van der Waals surface area contributed by atoms with Crippen molar-refractivity contribution in [1.29, 1.82) is 0 Å². The molecule has 31 heavy (non-hydrogen) atoms. The highest BCUT2D eigenvalue weighted by Crippen LogP contribution is 2.25. The summed E-state index contributed by atoms with van der Waals surface area (Å²) in [5, 5.41) is 1.36. The van der Waals surface area contributed by atoms with Gasteiger partial charge in [0.1, 0.15) is 11.6 Å². The fraction of sp³-hybridized carbons (Fsp3) is 0.417. The van der Waals surface area contributed by atoms with Crippen molar-refractivity contribution >= 4 is 12.0 Å². The monoisotopic (exact) mass is 425 g/mol. The predicted octanol–water partition coefficient (Wildman–Crippen LogP) is 3.53. The average Bonchev–Trinajstić information content (AvgIpc) is 2.74. The Kier molecular flexibility index (Phi) is 7.65. The average molecular weight is 426 g/mol. The van der Waals surface area contributed by atoms with Crippen molar-refractivity contribution in [2.45, 2.75) is 39.0 Å². The van der Waals surface area contributed by atoms with Crippen molar-refractivity contribution < 1.29 is 19.1 Å². The predicted molar refractivity (Wildman–Crippen MR) is 118 cm³/mol. The normalized spacial score (nSPS) is 15.7. The Morgan fingerprint density at radius 3 is 2.19 bits per heavy atom. The maximum absolute atomic E-state index is 13.8. The van der Waals surface area contributed by atoms with Crippen LogP contribution < -0.4 is 5.43 Å². The lowest BCUT2D eigenvalue weighted by molar-refractivity contribution is -0.143. The molecule has 1 saturated heterocycles. The molecular weight excluding hydrogens is 394 g/mol. The summed E-state index contributed by atoms with van der Waals surface area (Å²) in [7, 11) is 0. The second kappa shape index (κ2) is 10.4. The third kappa shape index (κ3) is 6.80. The summed E-state index contributed by atoms with van der Waals surface area (Å²) in [5.74, 6) is -0.220. The van der Waals surface area contributed by atoms with Gasteiger partial charge in [0.05, 0.1) is 19.8 Å². The molecule has 0 bridgehead atoms. The zero-order chi connectivity index (χ0) is 22.3. The van der Waals surface area contributed by atoms with Crippen LogP contribution in [-0.4, -0.2) is 53.8 Å². The minimum absolute atomic E-state index is 0.220. The Hall–Kier alpha value is -2.90. The van der Waals surface area contributed by atoms with Gasteiger partial charge in [-0.15, -0.1) is 0 Å². The van der Waals surface area contributed by atoms with Crippen LogP contribution in [0.1, 0.15) is 37.9 Å². The number of morpholine rings is 1. The summed E-state index contributed by atoms with van der Waals surface area (Å²) in [4.78, 5) is 28.5. The van der Waals surface area contributed by atoms with E-state index in [1.54, 1.807) is 20.8 Å². The van der Waals surface area contributed by atoms with Crippen molar-refractivity contribution in [3.8, 4) is 0 Å². The molecule has 1 aliphatic rings. The second-order valence-electron chi connectivity index (χ2n) is 8.49. The van der Waals surface area contributed by atoms with Gasteiger partial charge in [0.2, 0.25) is 0 Å². The zero-order valence-corrected chi connectivity index (χ0v) is 18.4. The first kappa shape index (κ1) is 22.8. The molecule has 7 nitrogen and oxygen atoms in total. The van der Waals surface area contributed by atoms with Crippen LogP contribution >= 0.6 is 0 Å². The van der Waals surface area contributed by atoms with Crippen molar-refractivity contribution in [2.24, 2.45) is 0 Å². The van der Waals surface area contributed by atoms with Crippen LogP contribution in [0, 0.1) is 0 Å². The van der Waals surface area contributed by atoms with Gasteiger partial charge < -0.3 is 9.47 Å². The molecule has 1 aliphatic heterocycles. The molecule has 0 spiro atoms. The van der Waals surface area contributed by atoms with E-state index >= 15 is 0 Å². The van der Waals surface area contributed by atoms with E-state index in [9.17, 15) is 9.59 Å². The number of benzene rings is 2. The summed E-state index contributed by atoms with van der Waals surface area (Å²) in [6.45, 7) is 7.99. The molecule has 2 aromatic rings. The first-order valence-corrected chi connectivity index (χ1v) is 10.6. The molecule has 7 heteroatoms. The van der Waals surface area contributed by atoms with Crippen molar-refractivity contribution in [3.05, 3.63) is 71.8 Å². The lowest BCUT2D eigenvalue weighted by Gasteiger charge is -2.37. The number of hydrazine groups is 1. The number of hydrogen-bond acceptors (Lipinski definition) is 5. The number of carbonyl (C=O) groups is 2. The molecule has 1 N–H and O–H groups in total. The molecule has 0 unspecified atom stereocenters. The molecule has 0 aromatic heterocycles. The lowest BCUT2D eigenvalue weighted by atomic mass is 10.0. The smallest absolute Gasteiger partial charge is 0.426 e. The van der Waals surface area contributed by atoms with Crippen molar-refractivity contribution in [2.75, 3.05) is 26.3 Å². The summed E-state index contributed by atoms with van der Waals surface area (Å²) in [6, 6.07) is 18.7. The third-order valence-electron chi connectivity index (χ3n) is 4.83. The van der Waals surface area contributed by atoms with Crippen LogP contribution in [0.2, 0.25) is 0 Å². The molecule has 1 fully saturated rings. The molecule has 2 amide bonds. The van der Waals surface area contributed by atoms with Crippen molar-refractivity contribution in [3.63, 3.8) is 0 Å². The Morgan fingerprint density at radius 2 is 1.61 bits per heavy atom. The molecule has 0 radical (unpaired) electrons. The Balaban J connectivity index is 1.89. The number of nitrogens with one attached hydrogen (secondary N) is 1. The van der Waals surface area contributed by atoms with E-state index in [2.05, 4.69) is 10.3 Å². The first-order chi connectivity index (χ1) is 14.8. The quantitative estimate of drug-likeness (QED) is 0.742. The van der Waals surface area contributed by atoms with Gasteiger partial charge in [-0.2, -0.15) is 0 Å². The Morgan fingerprint density at radius 1 is 1.03 bits per heavy atom. The molecule has 0 aliphatic carbocycles. The van der Waals surface area contributed by atoms with E-state index < -0.39 is 17.7 Å². The fourth-order valence-electron chi connectivity index (χ4n) is 3.48. The minimum atomic E-state index is -0.672. The van der Waals surface area contributed by atoms with Crippen LogP contribution in [0.4, 0.5) is 4.79 Å². The molecule has 3 rings (SSSR count). The van der Waals surface area contributed by atoms with Crippen LogP contribution in [0.25, 0.3) is 0 Å². The minimum Gasteiger partial charge on any atom is -0.443 e. The Bertz CT molecular complexity index is 846. The summed E-state index contributed by atoms with van der Waals surface area (Å²) in [5.41, 5.74) is 3.78. The van der Waals surface area contributed by atoms with Gasteiger partial charge in [0.25, 0.3) is 5.91 Å². The molecule has 2 aromatic carbocycles. The molecular formula is C24H31N3O4. The highest BCUT2D eigenvalue weighted by atomic mass is 16.6. The number of rotatable bonds is 5. The number of hydrogen-bond donors (Lipinski definition) is 1.